The first-order valence-electron chi connectivity index (χ1n) is 11.7. The average molecular weight is 456 g/mol. The van der Waals surface area contributed by atoms with Crippen molar-refractivity contribution in [2.24, 2.45) is 11.7 Å². The molecule has 2 atom stereocenters. The second-order valence-corrected chi connectivity index (χ2v) is 9.95. The number of anilines is 2. The quantitative estimate of drug-likeness (QED) is 0.696. The smallest absolute Gasteiger partial charge is 0.306 e. The Morgan fingerprint density at radius 2 is 1.48 bits per heavy atom. The van der Waals surface area contributed by atoms with Gasteiger partial charge in [-0.05, 0) is 77.6 Å². The Morgan fingerprint density at radius 3 is 1.94 bits per heavy atom. The first-order chi connectivity index (χ1) is 15.6. The molecule has 0 unspecified atom stereocenters. The lowest BCUT2D eigenvalue weighted by Gasteiger charge is -2.21. The van der Waals surface area contributed by atoms with Crippen molar-refractivity contribution in [2.75, 3.05) is 36.0 Å². The van der Waals surface area contributed by atoms with E-state index in [2.05, 4.69) is 30.2 Å². The maximum Gasteiger partial charge on any atom is 0.306 e. The molecule has 0 amide bonds. The summed E-state index contributed by atoms with van der Waals surface area (Å²) in [6.45, 7) is 13.2. The molecule has 0 aliphatic carbocycles. The van der Waals surface area contributed by atoms with Gasteiger partial charge < -0.3 is 20.3 Å². The Kier molecular flexibility index (Phi) is 8.18. The summed E-state index contributed by atoms with van der Waals surface area (Å²) in [5, 5.41) is 16.4. The number of esters is 1. The normalized spacial score (nSPS) is 20.4. The van der Waals surface area contributed by atoms with Crippen molar-refractivity contribution in [2.45, 2.75) is 65.5 Å². The summed E-state index contributed by atoms with van der Waals surface area (Å²) in [6, 6.07) is 8.22. The van der Waals surface area contributed by atoms with Gasteiger partial charge in [-0.15, -0.1) is 10.2 Å². The highest BCUT2D eigenvalue weighted by Crippen LogP contribution is 2.25. The van der Waals surface area contributed by atoms with Gasteiger partial charge in [-0.25, -0.2) is 0 Å². The molecule has 4 heterocycles. The Bertz CT molecular complexity index is 897. The molecule has 2 N–H and O–H groups in total. The van der Waals surface area contributed by atoms with Crippen molar-refractivity contribution in [3.63, 3.8) is 0 Å². The number of aryl methyl sites for hydroxylation is 2. The van der Waals surface area contributed by atoms with E-state index >= 15 is 0 Å². The molecule has 0 radical (unpaired) electrons. The summed E-state index contributed by atoms with van der Waals surface area (Å²) in [7, 11) is 0. The molecule has 0 bridgehead atoms. The van der Waals surface area contributed by atoms with Crippen molar-refractivity contribution < 1.29 is 9.53 Å². The zero-order chi connectivity index (χ0) is 24.0. The molecule has 4 rings (SSSR count). The standard InChI is InChI=1S/C15H23N3O2.C9H14N4/c1-11-5-6-13(17-16-11)18-8-7-12(10-18)9-14(19)20-15(2,3)4;1-7-2-3-9(12-11-7)13-5-4-8(10)6-13/h5-6,12H,7-10H2,1-4H3;2-3,8H,4-6,10H2,1H3/t12-;8-/m01/s1. The van der Waals surface area contributed by atoms with Gasteiger partial charge >= 0.3 is 5.97 Å². The number of nitrogens with zero attached hydrogens (tertiary/aromatic N) is 6. The van der Waals surface area contributed by atoms with Crippen molar-refractivity contribution in [3.05, 3.63) is 35.7 Å². The molecular weight excluding hydrogens is 418 g/mol. The lowest BCUT2D eigenvalue weighted by Crippen LogP contribution is -2.27. The van der Waals surface area contributed by atoms with Crippen molar-refractivity contribution in [3.8, 4) is 0 Å². The van der Waals surface area contributed by atoms with Crippen LogP contribution in [0.5, 0.6) is 0 Å². The fourth-order valence-electron chi connectivity index (χ4n) is 3.94. The van der Waals surface area contributed by atoms with Crippen molar-refractivity contribution in [1.29, 1.82) is 0 Å². The molecule has 2 aliphatic rings. The lowest BCUT2D eigenvalue weighted by atomic mass is 10.1. The average Bonchev–Trinajstić information content (AvgIpc) is 3.37. The minimum atomic E-state index is -0.405. The summed E-state index contributed by atoms with van der Waals surface area (Å²) in [6.07, 6.45) is 2.53. The number of rotatable bonds is 4. The monoisotopic (exact) mass is 455 g/mol. The molecule has 9 heteroatoms. The van der Waals surface area contributed by atoms with Crippen LogP contribution in [-0.4, -0.2) is 64.2 Å². The van der Waals surface area contributed by atoms with Crippen LogP contribution in [0.3, 0.4) is 0 Å². The largest absolute Gasteiger partial charge is 0.460 e. The van der Waals surface area contributed by atoms with E-state index in [4.69, 9.17) is 10.5 Å². The third kappa shape index (κ3) is 7.92. The maximum absolute atomic E-state index is 11.8. The molecule has 180 valence electrons. The fourth-order valence-corrected chi connectivity index (χ4v) is 3.94. The molecule has 2 fully saturated rings. The zero-order valence-corrected chi connectivity index (χ0v) is 20.5. The van der Waals surface area contributed by atoms with E-state index in [0.29, 0.717) is 18.4 Å². The molecule has 0 spiro atoms. The van der Waals surface area contributed by atoms with Crippen LogP contribution in [-0.2, 0) is 9.53 Å². The van der Waals surface area contributed by atoms with Gasteiger partial charge in [0.1, 0.15) is 5.60 Å². The van der Waals surface area contributed by atoms with Crippen LogP contribution in [0.4, 0.5) is 11.6 Å². The lowest BCUT2D eigenvalue weighted by molar-refractivity contribution is -0.155. The second-order valence-electron chi connectivity index (χ2n) is 9.95. The SMILES string of the molecule is Cc1ccc(N2CC[C@@H](CC(=O)OC(C)(C)C)C2)nn1.Cc1ccc(N2CC[C@@H](N)C2)nn1. The van der Waals surface area contributed by atoms with E-state index in [1.165, 1.54) is 0 Å². The Balaban J connectivity index is 0.000000203. The van der Waals surface area contributed by atoms with Gasteiger partial charge in [0.05, 0.1) is 17.8 Å². The third-order valence-corrected chi connectivity index (χ3v) is 5.60. The van der Waals surface area contributed by atoms with Crippen LogP contribution in [0.15, 0.2) is 24.3 Å². The minimum absolute atomic E-state index is 0.112. The number of nitrogens with two attached hydrogens (primary N) is 1. The number of aromatic nitrogens is 4. The molecule has 33 heavy (non-hydrogen) atoms. The van der Waals surface area contributed by atoms with Gasteiger partial charge in [0, 0.05) is 32.2 Å². The number of hydrogen-bond donors (Lipinski definition) is 1. The van der Waals surface area contributed by atoms with Crippen molar-refractivity contribution in [1.82, 2.24) is 20.4 Å². The van der Waals surface area contributed by atoms with E-state index in [1.54, 1.807) is 0 Å². The van der Waals surface area contributed by atoms with Crippen LogP contribution in [0, 0.1) is 19.8 Å². The highest BCUT2D eigenvalue weighted by molar-refractivity contribution is 5.70. The molecule has 2 saturated heterocycles. The Labute approximate surface area is 196 Å². The highest BCUT2D eigenvalue weighted by atomic mass is 16.6. The summed E-state index contributed by atoms with van der Waals surface area (Å²) in [5.41, 5.74) is 7.26. The van der Waals surface area contributed by atoms with E-state index in [0.717, 1.165) is 62.0 Å². The van der Waals surface area contributed by atoms with Crippen LogP contribution < -0.4 is 15.5 Å². The van der Waals surface area contributed by atoms with Gasteiger partial charge in [0.25, 0.3) is 0 Å². The summed E-state index contributed by atoms with van der Waals surface area (Å²) >= 11 is 0. The highest BCUT2D eigenvalue weighted by Gasteiger charge is 2.27. The van der Waals surface area contributed by atoms with Crippen LogP contribution in [0.2, 0.25) is 0 Å². The molecule has 2 aromatic rings. The van der Waals surface area contributed by atoms with Gasteiger partial charge in [-0.1, -0.05) is 0 Å². The summed E-state index contributed by atoms with van der Waals surface area (Å²) < 4.78 is 5.37. The van der Waals surface area contributed by atoms with Gasteiger partial charge in [0.2, 0.25) is 0 Å². The molecule has 2 aliphatic heterocycles. The minimum Gasteiger partial charge on any atom is -0.460 e. The van der Waals surface area contributed by atoms with E-state index < -0.39 is 5.60 Å². The van der Waals surface area contributed by atoms with Crippen LogP contribution >= 0.6 is 0 Å². The van der Waals surface area contributed by atoms with E-state index in [-0.39, 0.29) is 5.97 Å². The molecular formula is C24H37N7O2. The van der Waals surface area contributed by atoms with Gasteiger partial charge in [0.15, 0.2) is 11.6 Å². The van der Waals surface area contributed by atoms with Gasteiger partial charge in [-0.3, -0.25) is 4.79 Å². The van der Waals surface area contributed by atoms with Crippen molar-refractivity contribution >= 4 is 17.6 Å². The number of hydrogen-bond acceptors (Lipinski definition) is 9. The third-order valence-electron chi connectivity index (χ3n) is 5.60. The predicted octanol–water partition coefficient (Wildman–Crippen LogP) is 2.67. The number of carbonyl (C=O) groups is 1. The fraction of sp³-hybridized carbons (Fsp3) is 0.625. The first-order valence-corrected chi connectivity index (χ1v) is 11.7. The topological polar surface area (TPSA) is 110 Å². The number of ether oxygens (including phenoxy) is 1. The van der Waals surface area contributed by atoms with Crippen LogP contribution in [0.25, 0.3) is 0 Å². The molecule has 0 saturated carbocycles. The molecule has 0 aromatic carbocycles. The van der Waals surface area contributed by atoms with E-state index in [1.807, 2.05) is 58.9 Å². The molecule has 2 aromatic heterocycles. The Morgan fingerprint density at radius 1 is 0.939 bits per heavy atom. The zero-order valence-electron chi connectivity index (χ0n) is 20.5. The van der Waals surface area contributed by atoms with Crippen LogP contribution in [0.1, 0.15) is 51.4 Å². The second kappa shape index (κ2) is 10.9. The predicted molar refractivity (Wildman–Crippen MR) is 129 cm³/mol. The Hall–Kier alpha value is -2.81. The van der Waals surface area contributed by atoms with E-state index in [9.17, 15) is 4.79 Å². The molecule has 9 nitrogen and oxygen atoms in total. The van der Waals surface area contributed by atoms with Gasteiger partial charge in [-0.2, -0.15) is 10.2 Å². The summed E-state index contributed by atoms with van der Waals surface area (Å²) in [5.74, 6) is 2.06. The summed E-state index contributed by atoms with van der Waals surface area (Å²) in [4.78, 5) is 16.2. The first kappa shape index (κ1) is 24.8. The maximum atomic E-state index is 11.8. The number of carbonyl (C=O) groups excluding carboxylic acids is 1.